The van der Waals surface area contributed by atoms with Crippen LogP contribution in [0.2, 0.25) is 0 Å². The molecule has 1 atom stereocenters. The van der Waals surface area contributed by atoms with E-state index in [1.54, 1.807) is 32.4 Å². The number of methoxy groups -OCH3 is 2. The minimum absolute atomic E-state index is 0.104. The van der Waals surface area contributed by atoms with Gasteiger partial charge in [-0.1, -0.05) is 20.8 Å². The van der Waals surface area contributed by atoms with Gasteiger partial charge in [0.25, 0.3) is 5.91 Å². The number of nitrogens with one attached hydrogen (secondary N) is 1. The van der Waals surface area contributed by atoms with Crippen molar-refractivity contribution in [1.82, 2.24) is 5.32 Å². The lowest BCUT2D eigenvalue weighted by atomic mass is 9.86. The average molecular weight is 280 g/mol. The standard InChI is InChI=1S/C15H24N2O3/c1-15(2,3)13(9-16)17-14(18)10-6-11(19-4)8-12(7-10)20-5/h6-8,13H,9,16H2,1-5H3,(H,17,18). The zero-order chi connectivity index (χ0) is 15.3. The van der Waals surface area contributed by atoms with E-state index in [-0.39, 0.29) is 17.4 Å². The monoisotopic (exact) mass is 280 g/mol. The largest absolute Gasteiger partial charge is 0.497 e. The van der Waals surface area contributed by atoms with E-state index in [2.05, 4.69) is 5.32 Å². The third-order valence-corrected chi connectivity index (χ3v) is 3.20. The minimum Gasteiger partial charge on any atom is -0.497 e. The van der Waals surface area contributed by atoms with Crippen LogP contribution in [0.3, 0.4) is 0 Å². The van der Waals surface area contributed by atoms with Crippen LogP contribution in [0.25, 0.3) is 0 Å². The number of ether oxygens (including phenoxy) is 2. The van der Waals surface area contributed by atoms with Crippen LogP contribution in [0.15, 0.2) is 18.2 Å². The molecule has 5 heteroatoms. The number of hydrogen-bond acceptors (Lipinski definition) is 4. The van der Waals surface area contributed by atoms with Crippen molar-refractivity contribution in [3.63, 3.8) is 0 Å². The van der Waals surface area contributed by atoms with Crippen LogP contribution in [-0.2, 0) is 0 Å². The van der Waals surface area contributed by atoms with Crippen molar-refractivity contribution in [2.24, 2.45) is 11.1 Å². The molecule has 0 aromatic heterocycles. The first-order chi connectivity index (χ1) is 9.31. The predicted molar refractivity (Wildman–Crippen MR) is 79.3 cm³/mol. The van der Waals surface area contributed by atoms with Crippen molar-refractivity contribution in [3.05, 3.63) is 23.8 Å². The Morgan fingerprint density at radius 3 is 2.05 bits per heavy atom. The fourth-order valence-corrected chi connectivity index (χ4v) is 1.81. The summed E-state index contributed by atoms with van der Waals surface area (Å²) < 4.78 is 10.3. The van der Waals surface area contributed by atoms with E-state index in [4.69, 9.17) is 15.2 Å². The number of carbonyl (C=O) groups is 1. The van der Waals surface area contributed by atoms with Crippen LogP contribution in [0.4, 0.5) is 0 Å². The first-order valence-corrected chi connectivity index (χ1v) is 6.55. The smallest absolute Gasteiger partial charge is 0.251 e. The molecule has 0 saturated carbocycles. The number of hydrogen-bond donors (Lipinski definition) is 2. The molecular weight excluding hydrogens is 256 g/mol. The molecule has 0 radical (unpaired) electrons. The SMILES string of the molecule is COc1cc(OC)cc(C(=O)NC(CN)C(C)(C)C)c1. The Morgan fingerprint density at radius 2 is 1.70 bits per heavy atom. The van der Waals surface area contributed by atoms with E-state index in [1.165, 1.54) is 0 Å². The average Bonchev–Trinajstić information content (AvgIpc) is 2.42. The second kappa shape index (κ2) is 6.61. The van der Waals surface area contributed by atoms with Gasteiger partial charge in [0.15, 0.2) is 0 Å². The van der Waals surface area contributed by atoms with Crippen molar-refractivity contribution in [3.8, 4) is 11.5 Å². The summed E-state index contributed by atoms with van der Waals surface area (Å²) in [5, 5.41) is 2.95. The Kier molecular flexibility index (Phi) is 5.39. The predicted octanol–water partition coefficient (Wildman–Crippen LogP) is 1.81. The maximum atomic E-state index is 12.3. The van der Waals surface area contributed by atoms with Crippen LogP contribution in [-0.4, -0.2) is 32.7 Å². The van der Waals surface area contributed by atoms with E-state index in [1.807, 2.05) is 20.8 Å². The zero-order valence-corrected chi connectivity index (χ0v) is 12.8. The Balaban J connectivity index is 2.97. The van der Waals surface area contributed by atoms with Gasteiger partial charge in [0.05, 0.1) is 14.2 Å². The van der Waals surface area contributed by atoms with E-state index < -0.39 is 0 Å². The lowest BCUT2D eigenvalue weighted by Gasteiger charge is -2.30. The van der Waals surface area contributed by atoms with Crippen LogP contribution >= 0.6 is 0 Å². The van der Waals surface area contributed by atoms with Crippen LogP contribution in [0.5, 0.6) is 11.5 Å². The van der Waals surface area contributed by atoms with Crippen molar-refractivity contribution in [2.45, 2.75) is 26.8 Å². The van der Waals surface area contributed by atoms with Gasteiger partial charge in [-0.15, -0.1) is 0 Å². The maximum Gasteiger partial charge on any atom is 0.251 e. The Bertz CT molecular complexity index is 444. The first kappa shape index (κ1) is 16.3. The molecule has 0 aliphatic carbocycles. The van der Waals surface area contributed by atoms with E-state index in [0.717, 1.165) is 0 Å². The van der Waals surface area contributed by atoms with Gasteiger partial charge in [0, 0.05) is 24.2 Å². The summed E-state index contributed by atoms with van der Waals surface area (Å²) in [4.78, 5) is 12.3. The highest BCUT2D eigenvalue weighted by Gasteiger charge is 2.25. The molecule has 0 saturated heterocycles. The van der Waals surface area contributed by atoms with Gasteiger partial charge in [0.1, 0.15) is 11.5 Å². The summed E-state index contributed by atoms with van der Waals surface area (Å²) in [7, 11) is 3.10. The number of amides is 1. The maximum absolute atomic E-state index is 12.3. The van der Waals surface area contributed by atoms with E-state index in [0.29, 0.717) is 23.6 Å². The summed E-state index contributed by atoms with van der Waals surface area (Å²) in [6.07, 6.45) is 0. The zero-order valence-electron chi connectivity index (χ0n) is 12.8. The van der Waals surface area contributed by atoms with Gasteiger partial charge in [-0.3, -0.25) is 4.79 Å². The molecule has 3 N–H and O–H groups in total. The Labute approximate surface area is 120 Å². The molecule has 1 aromatic carbocycles. The van der Waals surface area contributed by atoms with Crippen molar-refractivity contribution >= 4 is 5.91 Å². The number of carbonyl (C=O) groups excluding carboxylic acids is 1. The molecule has 20 heavy (non-hydrogen) atoms. The van der Waals surface area contributed by atoms with Crippen molar-refractivity contribution in [1.29, 1.82) is 0 Å². The van der Waals surface area contributed by atoms with Crippen molar-refractivity contribution in [2.75, 3.05) is 20.8 Å². The second-order valence-electron chi connectivity index (χ2n) is 5.73. The fourth-order valence-electron chi connectivity index (χ4n) is 1.81. The normalized spacial score (nSPS) is 12.7. The molecule has 0 fully saturated rings. The molecule has 1 amide bonds. The van der Waals surface area contributed by atoms with Gasteiger partial charge in [-0.25, -0.2) is 0 Å². The lowest BCUT2D eigenvalue weighted by molar-refractivity contribution is 0.0905. The highest BCUT2D eigenvalue weighted by Crippen LogP contribution is 2.23. The summed E-state index contributed by atoms with van der Waals surface area (Å²) in [6, 6.07) is 4.97. The molecular formula is C15H24N2O3. The molecule has 0 aliphatic rings. The van der Waals surface area contributed by atoms with Crippen LogP contribution in [0, 0.1) is 5.41 Å². The summed E-state index contributed by atoms with van der Waals surface area (Å²) in [5.74, 6) is 0.969. The Morgan fingerprint density at radius 1 is 1.20 bits per heavy atom. The lowest BCUT2D eigenvalue weighted by Crippen LogP contribution is -2.48. The van der Waals surface area contributed by atoms with Crippen molar-refractivity contribution < 1.29 is 14.3 Å². The minimum atomic E-state index is -0.187. The molecule has 0 heterocycles. The van der Waals surface area contributed by atoms with Gasteiger partial charge < -0.3 is 20.5 Å². The number of benzene rings is 1. The summed E-state index contributed by atoms with van der Waals surface area (Å²) >= 11 is 0. The summed E-state index contributed by atoms with van der Waals surface area (Å²) in [6.45, 7) is 6.50. The third-order valence-electron chi connectivity index (χ3n) is 3.20. The second-order valence-corrected chi connectivity index (χ2v) is 5.73. The van der Waals surface area contributed by atoms with E-state index in [9.17, 15) is 4.79 Å². The molecule has 5 nitrogen and oxygen atoms in total. The molecule has 1 unspecified atom stereocenters. The van der Waals surface area contributed by atoms with E-state index >= 15 is 0 Å². The highest BCUT2D eigenvalue weighted by molar-refractivity contribution is 5.95. The summed E-state index contributed by atoms with van der Waals surface area (Å²) in [5.41, 5.74) is 6.12. The fraction of sp³-hybridized carbons (Fsp3) is 0.533. The Hall–Kier alpha value is -1.75. The van der Waals surface area contributed by atoms with Crippen LogP contribution < -0.4 is 20.5 Å². The number of rotatable bonds is 5. The van der Waals surface area contributed by atoms with Gasteiger partial charge in [-0.2, -0.15) is 0 Å². The molecule has 1 aromatic rings. The highest BCUT2D eigenvalue weighted by atomic mass is 16.5. The molecule has 1 rings (SSSR count). The van der Waals surface area contributed by atoms with Crippen LogP contribution in [0.1, 0.15) is 31.1 Å². The van der Waals surface area contributed by atoms with Gasteiger partial charge >= 0.3 is 0 Å². The molecule has 0 aliphatic heterocycles. The quantitative estimate of drug-likeness (QED) is 0.862. The molecule has 0 bridgehead atoms. The number of nitrogens with two attached hydrogens (primary N) is 1. The molecule has 0 spiro atoms. The van der Waals surface area contributed by atoms with Gasteiger partial charge in [0.2, 0.25) is 0 Å². The molecule has 112 valence electrons. The third kappa shape index (κ3) is 4.13. The topological polar surface area (TPSA) is 73.6 Å². The van der Waals surface area contributed by atoms with Gasteiger partial charge in [-0.05, 0) is 17.5 Å². The first-order valence-electron chi connectivity index (χ1n) is 6.55.